The van der Waals surface area contributed by atoms with Crippen molar-refractivity contribution in [2.45, 2.75) is 76.0 Å². The van der Waals surface area contributed by atoms with Crippen molar-refractivity contribution < 1.29 is 4.74 Å². The maximum Gasteiger partial charge on any atom is 0.127 e. The fraction of sp³-hybridized carbons (Fsp3) is 0.167. The Kier molecular flexibility index (Phi) is 11.3. The molecular formula is C72H61NO. The first-order valence-electron chi connectivity index (χ1n) is 26.8. The van der Waals surface area contributed by atoms with E-state index in [0.29, 0.717) is 11.8 Å². The first-order valence-corrected chi connectivity index (χ1v) is 26.8. The van der Waals surface area contributed by atoms with E-state index in [-0.39, 0.29) is 5.41 Å². The highest BCUT2D eigenvalue weighted by molar-refractivity contribution is 5.91. The normalized spacial score (nSPS) is 16.2. The van der Waals surface area contributed by atoms with Crippen LogP contribution in [0.25, 0.3) is 33.4 Å². The Labute approximate surface area is 437 Å². The number of aryl methyl sites for hydroxylation is 2. The lowest BCUT2D eigenvalue weighted by Gasteiger charge is -2.35. The Balaban J connectivity index is 0.875. The number of hydrogen-bond acceptors (Lipinski definition) is 2. The molecule has 0 amide bonds. The molecular weight excluding hydrogens is 895 g/mol. The van der Waals surface area contributed by atoms with Gasteiger partial charge in [0.15, 0.2) is 0 Å². The van der Waals surface area contributed by atoms with E-state index in [1.54, 1.807) is 5.56 Å². The number of anilines is 3. The smallest absolute Gasteiger partial charge is 0.127 e. The molecule has 3 atom stereocenters. The number of ether oxygens (including phenoxy) is 1. The van der Waals surface area contributed by atoms with Crippen LogP contribution in [-0.4, -0.2) is 0 Å². The summed E-state index contributed by atoms with van der Waals surface area (Å²) >= 11 is 0. The molecule has 0 bridgehead atoms. The minimum absolute atomic E-state index is 0.147. The summed E-state index contributed by atoms with van der Waals surface area (Å²) in [7, 11) is 0. The van der Waals surface area contributed by atoms with E-state index in [2.05, 4.69) is 269 Å². The maximum atomic E-state index is 6.66. The average molecular weight is 956 g/mol. The predicted molar refractivity (Wildman–Crippen MR) is 308 cm³/mol. The van der Waals surface area contributed by atoms with Crippen molar-refractivity contribution in [3.63, 3.8) is 0 Å². The molecule has 0 aliphatic heterocycles. The van der Waals surface area contributed by atoms with Gasteiger partial charge in [0.1, 0.15) is 11.5 Å². The van der Waals surface area contributed by atoms with Crippen molar-refractivity contribution in [2.75, 3.05) is 4.90 Å². The van der Waals surface area contributed by atoms with Crippen LogP contribution in [0.2, 0.25) is 0 Å². The van der Waals surface area contributed by atoms with Crippen LogP contribution in [-0.2, 0) is 23.7 Å². The van der Waals surface area contributed by atoms with Crippen LogP contribution in [0.5, 0.6) is 11.5 Å². The summed E-state index contributed by atoms with van der Waals surface area (Å²) < 4.78 is 6.66. The summed E-state index contributed by atoms with van der Waals surface area (Å²) in [5, 5.41) is 0. The van der Waals surface area contributed by atoms with Crippen molar-refractivity contribution in [1.29, 1.82) is 0 Å². The molecule has 10 aromatic carbocycles. The minimum Gasteiger partial charge on any atom is -0.457 e. The van der Waals surface area contributed by atoms with Crippen molar-refractivity contribution in [3.05, 3.63) is 292 Å². The van der Waals surface area contributed by atoms with Crippen molar-refractivity contribution >= 4 is 17.1 Å². The summed E-state index contributed by atoms with van der Waals surface area (Å²) in [6.07, 6.45) is 4.75. The van der Waals surface area contributed by atoms with Gasteiger partial charge in [-0.1, -0.05) is 204 Å². The zero-order chi connectivity index (χ0) is 50.0. The van der Waals surface area contributed by atoms with E-state index in [1.165, 1.54) is 96.3 Å². The first kappa shape index (κ1) is 45.6. The largest absolute Gasteiger partial charge is 0.457 e. The highest BCUT2D eigenvalue weighted by Gasteiger charge is 2.46. The quantitative estimate of drug-likeness (QED) is 0.114. The molecule has 2 heteroatoms. The molecule has 0 aromatic heterocycles. The number of benzene rings is 10. The Bertz CT molecular complexity index is 3690. The molecule has 0 radical (unpaired) electrons. The van der Waals surface area contributed by atoms with Crippen molar-refractivity contribution in [3.8, 4) is 44.9 Å². The van der Waals surface area contributed by atoms with E-state index >= 15 is 0 Å². The third kappa shape index (κ3) is 7.61. The van der Waals surface area contributed by atoms with Crippen LogP contribution in [0.3, 0.4) is 0 Å². The van der Waals surface area contributed by atoms with E-state index in [4.69, 9.17) is 4.74 Å². The molecule has 0 spiro atoms. The second-order valence-corrected chi connectivity index (χ2v) is 21.5. The fourth-order valence-electron chi connectivity index (χ4n) is 12.9. The van der Waals surface area contributed by atoms with Gasteiger partial charge >= 0.3 is 0 Å². The zero-order valence-corrected chi connectivity index (χ0v) is 42.9. The van der Waals surface area contributed by atoms with Crippen molar-refractivity contribution in [2.24, 2.45) is 0 Å². The highest BCUT2D eigenvalue weighted by Crippen LogP contribution is 2.58. The molecule has 10 aromatic rings. The monoisotopic (exact) mass is 955 g/mol. The molecule has 0 fully saturated rings. The molecule has 3 aliphatic carbocycles. The van der Waals surface area contributed by atoms with E-state index < -0.39 is 5.41 Å². The lowest BCUT2D eigenvalue weighted by molar-refractivity contribution is 0.481. The molecule has 360 valence electrons. The second kappa shape index (κ2) is 18.4. The van der Waals surface area contributed by atoms with E-state index in [0.717, 1.165) is 41.4 Å². The molecule has 0 saturated heterocycles. The summed E-state index contributed by atoms with van der Waals surface area (Å²) in [6.45, 7) is 9.44. The SMILES string of the molecule is CCC(CC(C)c1ccc(Oc2ccc(C3(c4ccccc4)c4ccccc4-c4ccc(N(c5ccc(-c6ccccc6)cc5)c5ccc6c(c5)C(C)(C)c5ccccc5-6)cc43)cc2)cc1)c1ccc2c(c1)CC2. The van der Waals surface area contributed by atoms with Crippen LogP contribution in [0.15, 0.2) is 237 Å². The van der Waals surface area contributed by atoms with Gasteiger partial charge in [0.25, 0.3) is 0 Å². The van der Waals surface area contributed by atoms with Gasteiger partial charge in [-0.2, -0.15) is 0 Å². The van der Waals surface area contributed by atoms with Crippen LogP contribution in [0.4, 0.5) is 17.1 Å². The minimum atomic E-state index is -0.610. The van der Waals surface area contributed by atoms with E-state index in [1.807, 2.05) is 0 Å². The molecule has 74 heavy (non-hydrogen) atoms. The first-order chi connectivity index (χ1) is 36.3. The summed E-state index contributed by atoms with van der Waals surface area (Å²) in [4.78, 5) is 2.46. The van der Waals surface area contributed by atoms with Gasteiger partial charge in [-0.15, -0.1) is 0 Å². The van der Waals surface area contributed by atoms with Gasteiger partial charge in [-0.3, -0.25) is 0 Å². The Morgan fingerprint density at radius 1 is 0.432 bits per heavy atom. The maximum absolute atomic E-state index is 6.66. The van der Waals surface area contributed by atoms with Gasteiger partial charge in [0, 0.05) is 22.5 Å². The van der Waals surface area contributed by atoms with Crippen LogP contribution < -0.4 is 9.64 Å². The topological polar surface area (TPSA) is 12.5 Å². The highest BCUT2D eigenvalue weighted by atomic mass is 16.5. The number of fused-ring (bicyclic) bond motifs is 7. The molecule has 3 aliphatic rings. The molecule has 0 saturated carbocycles. The van der Waals surface area contributed by atoms with Gasteiger partial charge in [0.05, 0.1) is 5.41 Å². The van der Waals surface area contributed by atoms with Gasteiger partial charge in [-0.05, 0) is 187 Å². The standard InChI is InChI=1S/C72H61NO/c1-5-49(54-26-24-53-25-27-55(53)45-54)44-48(2)50-30-38-61(39-31-50)74-62-40-32-57(33-41-62)72(56-18-10-7-11-19-56)68-23-15-13-21-64(68)66-43-37-60(47-70(66)72)73(58-34-28-52(29-35-58)51-16-8-6-9-17-51)59-36-42-65-63-20-12-14-22-67(63)71(3,4)69(65)46-59/h6-24,26,28-43,45-49H,5,25,27,44H2,1-4H3. The Morgan fingerprint density at radius 2 is 0.946 bits per heavy atom. The summed E-state index contributed by atoms with van der Waals surface area (Å²) in [5.74, 6) is 2.66. The number of hydrogen-bond donors (Lipinski definition) is 0. The second-order valence-electron chi connectivity index (χ2n) is 21.5. The van der Waals surface area contributed by atoms with Crippen LogP contribution >= 0.6 is 0 Å². The van der Waals surface area contributed by atoms with Crippen LogP contribution in [0, 0.1) is 0 Å². The number of nitrogens with zero attached hydrogens (tertiary/aromatic N) is 1. The van der Waals surface area contributed by atoms with Crippen LogP contribution in [0.1, 0.15) is 108 Å². The molecule has 2 nitrogen and oxygen atoms in total. The predicted octanol–water partition coefficient (Wildman–Crippen LogP) is 19.1. The number of rotatable bonds is 13. The third-order valence-corrected chi connectivity index (χ3v) is 17.0. The Morgan fingerprint density at radius 3 is 1.59 bits per heavy atom. The molecule has 3 unspecified atom stereocenters. The lowest BCUT2D eigenvalue weighted by atomic mass is 9.67. The fourth-order valence-corrected chi connectivity index (χ4v) is 12.9. The van der Waals surface area contributed by atoms with Gasteiger partial charge in [0.2, 0.25) is 0 Å². The summed E-state index contributed by atoms with van der Waals surface area (Å²) in [6, 6.07) is 88.0. The molecule has 13 rings (SSSR count). The third-order valence-electron chi connectivity index (χ3n) is 17.0. The van der Waals surface area contributed by atoms with Crippen molar-refractivity contribution in [1.82, 2.24) is 0 Å². The molecule has 0 N–H and O–H groups in total. The van der Waals surface area contributed by atoms with Gasteiger partial charge < -0.3 is 9.64 Å². The molecule has 0 heterocycles. The summed E-state index contributed by atoms with van der Waals surface area (Å²) in [5.41, 5.74) is 23.7. The lowest BCUT2D eigenvalue weighted by Crippen LogP contribution is -2.28. The average Bonchev–Trinajstić information content (AvgIpc) is 3.86. The van der Waals surface area contributed by atoms with Gasteiger partial charge in [-0.25, -0.2) is 0 Å². The Hall–Kier alpha value is -8.20. The zero-order valence-electron chi connectivity index (χ0n) is 42.9. The van der Waals surface area contributed by atoms with E-state index in [9.17, 15) is 0 Å².